The molecule has 0 saturated heterocycles. The van der Waals surface area contributed by atoms with Gasteiger partial charge >= 0.3 is 0 Å². The molecule has 3 aromatic rings. The fourth-order valence-electron chi connectivity index (χ4n) is 3.61. The number of benzene rings is 3. The van der Waals surface area contributed by atoms with Crippen LogP contribution in [0.1, 0.15) is 23.6 Å². The highest BCUT2D eigenvalue weighted by Gasteiger charge is 2.30. The summed E-state index contributed by atoms with van der Waals surface area (Å²) >= 11 is 3.49. The van der Waals surface area contributed by atoms with Crippen LogP contribution in [0.25, 0.3) is 0 Å². The highest BCUT2D eigenvalue weighted by atomic mass is 79.9. The molecule has 172 valence electrons. The van der Waals surface area contributed by atoms with E-state index in [-0.39, 0.29) is 18.4 Å². The predicted octanol–water partition coefficient (Wildman–Crippen LogP) is 4.91. The van der Waals surface area contributed by atoms with E-state index in [1.807, 2.05) is 92.7 Å². The minimum absolute atomic E-state index is 0.151. The lowest BCUT2D eigenvalue weighted by Gasteiger charge is -2.31. The summed E-state index contributed by atoms with van der Waals surface area (Å²) in [4.78, 5) is 28.2. The van der Waals surface area contributed by atoms with E-state index < -0.39 is 6.04 Å². The maximum atomic E-state index is 13.4. The second-order valence-corrected chi connectivity index (χ2v) is 8.77. The van der Waals surface area contributed by atoms with Crippen molar-refractivity contribution < 1.29 is 14.3 Å². The number of rotatable bonds is 10. The lowest BCUT2D eigenvalue weighted by molar-refractivity contribution is -0.142. The Labute approximate surface area is 203 Å². The van der Waals surface area contributed by atoms with E-state index in [4.69, 9.17) is 4.74 Å². The minimum Gasteiger partial charge on any atom is -0.484 e. The van der Waals surface area contributed by atoms with E-state index >= 15 is 0 Å². The number of nitrogens with one attached hydrogen (secondary N) is 1. The van der Waals surface area contributed by atoms with E-state index in [1.54, 1.807) is 4.90 Å². The van der Waals surface area contributed by atoms with Gasteiger partial charge in [-0.2, -0.15) is 0 Å². The van der Waals surface area contributed by atoms with Gasteiger partial charge in [-0.3, -0.25) is 9.59 Å². The SMILES string of the molecule is CCNC(=O)C(Cc1ccccc1)N(Cc1cccc(Br)c1)C(=O)COc1cccc(C)c1. The van der Waals surface area contributed by atoms with E-state index in [9.17, 15) is 9.59 Å². The summed E-state index contributed by atoms with van der Waals surface area (Å²) in [6, 6.07) is 24.4. The summed E-state index contributed by atoms with van der Waals surface area (Å²) < 4.78 is 6.72. The van der Waals surface area contributed by atoms with E-state index in [0.717, 1.165) is 21.2 Å². The molecule has 0 saturated carbocycles. The number of ether oxygens (including phenoxy) is 1. The molecule has 0 aromatic heterocycles. The van der Waals surface area contributed by atoms with Crippen LogP contribution in [-0.4, -0.2) is 35.9 Å². The normalized spacial score (nSPS) is 11.5. The van der Waals surface area contributed by atoms with Crippen molar-refractivity contribution in [1.82, 2.24) is 10.2 Å². The summed E-state index contributed by atoms with van der Waals surface area (Å²) in [7, 11) is 0. The molecule has 3 rings (SSSR count). The van der Waals surface area contributed by atoms with E-state index in [1.165, 1.54) is 0 Å². The Morgan fingerprint density at radius 2 is 1.70 bits per heavy atom. The van der Waals surface area contributed by atoms with Gasteiger partial charge in [0.25, 0.3) is 5.91 Å². The number of carbonyl (C=O) groups is 2. The first-order chi connectivity index (χ1) is 16.0. The quantitative estimate of drug-likeness (QED) is 0.423. The van der Waals surface area contributed by atoms with E-state index in [2.05, 4.69) is 21.2 Å². The highest BCUT2D eigenvalue weighted by Crippen LogP contribution is 2.19. The predicted molar refractivity (Wildman–Crippen MR) is 134 cm³/mol. The van der Waals surface area contributed by atoms with Gasteiger partial charge in [-0.1, -0.05) is 70.5 Å². The van der Waals surface area contributed by atoms with Crippen molar-refractivity contribution in [2.45, 2.75) is 32.9 Å². The number of nitrogens with zero attached hydrogens (tertiary/aromatic N) is 1. The molecule has 0 radical (unpaired) electrons. The number of aryl methyl sites for hydroxylation is 1. The first kappa shape index (κ1) is 24.5. The van der Waals surface area contributed by atoms with Crippen molar-refractivity contribution in [1.29, 1.82) is 0 Å². The molecule has 0 spiro atoms. The van der Waals surface area contributed by atoms with Gasteiger partial charge in [-0.25, -0.2) is 0 Å². The zero-order valence-electron chi connectivity index (χ0n) is 19.0. The van der Waals surface area contributed by atoms with Gasteiger partial charge < -0.3 is 15.0 Å². The monoisotopic (exact) mass is 508 g/mol. The standard InChI is InChI=1S/C27H29BrN2O3/c1-3-29-27(32)25(17-21-10-5-4-6-11-21)30(18-22-12-8-13-23(28)16-22)26(31)19-33-24-14-7-9-20(2)15-24/h4-16,25H,3,17-19H2,1-2H3,(H,29,32). The third-order valence-corrected chi connectivity index (χ3v) is 5.71. The maximum absolute atomic E-state index is 13.4. The molecular formula is C27H29BrN2O3. The molecule has 6 heteroatoms. The molecule has 3 aromatic carbocycles. The molecule has 5 nitrogen and oxygen atoms in total. The van der Waals surface area contributed by atoms with Gasteiger partial charge in [0.2, 0.25) is 5.91 Å². The fourth-order valence-corrected chi connectivity index (χ4v) is 4.06. The smallest absolute Gasteiger partial charge is 0.261 e. The van der Waals surface area contributed by atoms with Crippen LogP contribution in [0.2, 0.25) is 0 Å². The number of amides is 2. The Balaban J connectivity index is 1.89. The molecule has 0 aliphatic carbocycles. The molecule has 0 heterocycles. The average molecular weight is 509 g/mol. The molecule has 0 fully saturated rings. The van der Waals surface area contributed by atoms with Crippen molar-refractivity contribution in [2.24, 2.45) is 0 Å². The average Bonchev–Trinajstić information content (AvgIpc) is 2.80. The van der Waals surface area contributed by atoms with Gasteiger partial charge in [0, 0.05) is 24.0 Å². The molecule has 1 N–H and O–H groups in total. The van der Waals surface area contributed by atoms with Crippen molar-refractivity contribution in [3.63, 3.8) is 0 Å². The van der Waals surface area contributed by atoms with Crippen LogP contribution in [0.5, 0.6) is 5.75 Å². The van der Waals surface area contributed by atoms with Crippen LogP contribution < -0.4 is 10.1 Å². The first-order valence-corrected chi connectivity index (χ1v) is 11.8. The number of hydrogen-bond donors (Lipinski definition) is 1. The number of hydrogen-bond acceptors (Lipinski definition) is 3. The van der Waals surface area contributed by atoms with E-state index in [0.29, 0.717) is 25.3 Å². The first-order valence-electron chi connectivity index (χ1n) is 11.0. The zero-order chi connectivity index (χ0) is 23.6. The molecule has 0 aliphatic rings. The number of carbonyl (C=O) groups excluding carboxylic acids is 2. The number of halogens is 1. The largest absolute Gasteiger partial charge is 0.484 e. The molecule has 33 heavy (non-hydrogen) atoms. The minimum atomic E-state index is -0.667. The van der Waals surface area contributed by atoms with Crippen molar-refractivity contribution in [3.8, 4) is 5.75 Å². The van der Waals surface area contributed by atoms with Crippen molar-refractivity contribution in [3.05, 3.63) is 100 Å². The van der Waals surface area contributed by atoms with Gasteiger partial charge in [-0.15, -0.1) is 0 Å². The van der Waals surface area contributed by atoms with Crippen LogP contribution in [-0.2, 0) is 22.6 Å². The molecule has 0 aliphatic heterocycles. The second kappa shape index (κ2) is 12.2. The lowest BCUT2D eigenvalue weighted by Crippen LogP contribution is -2.51. The van der Waals surface area contributed by atoms with Gasteiger partial charge in [0.15, 0.2) is 6.61 Å². The third-order valence-electron chi connectivity index (χ3n) is 5.22. The van der Waals surface area contributed by atoms with Crippen LogP contribution in [0, 0.1) is 6.92 Å². The summed E-state index contributed by atoms with van der Waals surface area (Å²) in [5, 5.41) is 2.90. The Kier molecular flexibility index (Phi) is 9.07. The van der Waals surface area contributed by atoms with Crippen LogP contribution in [0.15, 0.2) is 83.3 Å². The topological polar surface area (TPSA) is 58.6 Å². The van der Waals surface area contributed by atoms with Crippen LogP contribution in [0.4, 0.5) is 0 Å². The Morgan fingerprint density at radius 1 is 0.970 bits per heavy atom. The lowest BCUT2D eigenvalue weighted by atomic mass is 10.0. The summed E-state index contributed by atoms with van der Waals surface area (Å²) in [6.07, 6.45) is 0.414. The maximum Gasteiger partial charge on any atom is 0.261 e. The Hall–Kier alpha value is -3.12. The molecule has 0 bridgehead atoms. The molecule has 1 unspecified atom stereocenters. The van der Waals surface area contributed by atoms with Gasteiger partial charge in [0.05, 0.1) is 0 Å². The Morgan fingerprint density at radius 3 is 2.39 bits per heavy atom. The summed E-state index contributed by atoms with van der Waals surface area (Å²) in [5.41, 5.74) is 2.96. The molecule has 2 amide bonds. The highest BCUT2D eigenvalue weighted by molar-refractivity contribution is 9.10. The second-order valence-electron chi connectivity index (χ2n) is 7.86. The summed E-state index contributed by atoms with van der Waals surface area (Å²) in [6.45, 7) is 4.48. The van der Waals surface area contributed by atoms with Crippen molar-refractivity contribution in [2.75, 3.05) is 13.2 Å². The van der Waals surface area contributed by atoms with Gasteiger partial charge in [-0.05, 0) is 54.8 Å². The van der Waals surface area contributed by atoms with Crippen LogP contribution >= 0.6 is 15.9 Å². The fraction of sp³-hybridized carbons (Fsp3) is 0.259. The van der Waals surface area contributed by atoms with Crippen molar-refractivity contribution >= 4 is 27.7 Å². The van der Waals surface area contributed by atoms with Gasteiger partial charge in [0.1, 0.15) is 11.8 Å². The van der Waals surface area contributed by atoms with Crippen LogP contribution in [0.3, 0.4) is 0 Å². The third kappa shape index (κ3) is 7.46. The molecule has 1 atom stereocenters. The molecular weight excluding hydrogens is 480 g/mol. The number of likely N-dealkylation sites (N-methyl/N-ethyl adjacent to an activating group) is 1. The summed E-state index contributed by atoms with van der Waals surface area (Å²) in [5.74, 6) is 0.201. The Bertz CT molecular complexity index is 1070. The zero-order valence-corrected chi connectivity index (χ0v) is 20.5.